The van der Waals surface area contributed by atoms with Gasteiger partial charge in [-0.3, -0.25) is 14.5 Å². The molecule has 0 saturated carbocycles. The Balaban J connectivity index is 1.55. The lowest BCUT2D eigenvalue weighted by atomic mass is 9.92. The maximum absolute atomic E-state index is 12.9. The summed E-state index contributed by atoms with van der Waals surface area (Å²) >= 11 is 0. The van der Waals surface area contributed by atoms with Gasteiger partial charge in [0, 0.05) is 31.9 Å². The number of aryl methyl sites for hydroxylation is 1. The third-order valence-corrected chi connectivity index (χ3v) is 6.33. The fourth-order valence-corrected chi connectivity index (χ4v) is 4.32. The molecule has 1 fully saturated rings. The summed E-state index contributed by atoms with van der Waals surface area (Å²) in [6, 6.07) is 14.3. The van der Waals surface area contributed by atoms with Gasteiger partial charge in [-0.25, -0.2) is 0 Å². The fraction of sp³-hybridized carbons (Fsp3) is 0.481. The Kier molecular flexibility index (Phi) is 8.08. The number of hydrogen-bond donors (Lipinski definition) is 1. The van der Waals surface area contributed by atoms with Crippen LogP contribution in [-0.4, -0.2) is 54.3 Å². The Labute approximate surface area is 192 Å². The van der Waals surface area contributed by atoms with Gasteiger partial charge in [-0.2, -0.15) is 0 Å². The third kappa shape index (κ3) is 5.98. The van der Waals surface area contributed by atoms with Crippen LogP contribution < -0.4 is 5.32 Å². The number of anilines is 1. The number of benzene rings is 2. The van der Waals surface area contributed by atoms with Crippen LogP contribution in [0.4, 0.5) is 5.69 Å². The van der Waals surface area contributed by atoms with Crippen molar-refractivity contribution >= 4 is 17.5 Å². The Bertz CT molecular complexity index is 917. The number of carbonyl (C=O) groups excluding carboxylic acids is 2. The van der Waals surface area contributed by atoms with Crippen LogP contribution in [0.15, 0.2) is 42.5 Å². The van der Waals surface area contributed by atoms with Gasteiger partial charge in [-0.05, 0) is 41.0 Å². The molecule has 2 aromatic rings. The van der Waals surface area contributed by atoms with Crippen LogP contribution in [0.5, 0.6) is 0 Å². The summed E-state index contributed by atoms with van der Waals surface area (Å²) in [5, 5.41) is 3.20. The molecule has 1 heterocycles. The highest BCUT2D eigenvalue weighted by atomic mass is 16.2. The molecule has 0 aromatic heterocycles. The lowest BCUT2D eigenvalue weighted by Gasteiger charge is -2.34. The number of hydrogen-bond acceptors (Lipinski definition) is 3. The molecule has 1 aliphatic heterocycles. The summed E-state index contributed by atoms with van der Waals surface area (Å²) in [4.78, 5) is 29.7. The second-order valence-corrected chi connectivity index (χ2v) is 9.43. The number of nitrogens with zero attached hydrogens (tertiary/aromatic N) is 2. The summed E-state index contributed by atoms with van der Waals surface area (Å²) in [7, 11) is 0. The molecule has 0 spiro atoms. The van der Waals surface area contributed by atoms with E-state index >= 15 is 0 Å². The van der Waals surface area contributed by atoms with Crippen LogP contribution in [0.2, 0.25) is 0 Å². The number of nitrogens with one attached hydrogen (secondary N) is 1. The number of para-hydroxylation sites is 1. The fourth-order valence-electron chi connectivity index (χ4n) is 4.32. The topological polar surface area (TPSA) is 52.7 Å². The van der Waals surface area contributed by atoms with Gasteiger partial charge < -0.3 is 10.2 Å². The number of rotatable bonds is 7. The normalized spacial score (nSPS) is 14.8. The van der Waals surface area contributed by atoms with Crippen LogP contribution in [0.3, 0.4) is 0 Å². The molecule has 0 aliphatic carbocycles. The van der Waals surface area contributed by atoms with E-state index in [1.807, 2.05) is 36.1 Å². The second-order valence-electron chi connectivity index (χ2n) is 9.43. The molecule has 0 atom stereocenters. The van der Waals surface area contributed by atoms with Crippen LogP contribution in [0.1, 0.15) is 61.8 Å². The number of piperazine rings is 1. The zero-order chi connectivity index (χ0) is 23.3. The number of carbonyl (C=O) groups is 2. The Morgan fingerprint density at radius 1 is 0.875 bits per heavy atom. The molecular weight excluding hydrogens is 398 g/mol. The van der Waals surface area contributed by atoms with E-state index in [0.29, 0.717) is 37.9 Å². The van der Waals surface area contributed by atoms with Crippen molar-refractivity contribution in [3.05, 3.63) is 64.7 Å². The SMILES string of the molecule is Cc1ccccc1CC(=O)N1CCN(CC(=O)Nc2c(C(C)C)cccc2C(C)C)CC1. The molecule has 1 N–H and O–H groups in total. The zero-order valence-electron chi connectivity index (χ0n) is 20.1. The van der Waals surface area contributed by atoms with Crippen molar-refractivity contribution in [2.45, 2.75) is 52.9 Å². The van der Waals surface area contributed by atoms with Crippen molar-refractivity contribution < 1.29 is 9.59 Å². The summed E-state index contributed by atoms with van der Waals surface area (Å²) < 4.78 is 0. The molecule has 0 radical (unpaired) electrons. The molecule has 1 saturated heterocycles. The molecular formula is C27H37N3O2. The maximum Gasteiger partial charge on any atom is 0.238 e. The quantitative estimate of drug-likeness (QED) is 0.693. The highest BCUT2D eigenvalue weighted by Crippen LogP contribution is 2.32. The van der Waals surface area contributed by atoms with Gasteiger partial charge in [-0.15, -0.1) is 0 Å². The van der Waals surface area contributed by atoms with E-state index in [9.17, 15) is 9.59 Å². The molecule has 2 amide bonds. The van der Waals surface area contributed by atoms with Gasteiger partial charge in [0.05, 0.1) is 13.0 Å². The van der Waals surface area contributed by atoms with Gasteiger partial charge in [0.2, 0.25) is 11.8 Å². The molecule has 1 aliphatic rings. The van der Waals surface area contributed by atoms with Crippen molar-refractivity contribution in [2.75, 3.05) is 38.0 Å². The maximum atomic E-state index is 12.9. The molecule has 0 bridgehead atoms. The smallest absolute Gasteiger partial charge is 0.238 e. The molecule has 5 nitrogen and oxygen atoms in total. The van der Waals surface area contributed by atoms with E-state index in [4.69, 9.17) is 0 Å². The molecule has 5 heteroatoms. The summed E-state index contributed by atoms with van der Waals surface area (Å²) in [6.07, 6.45) is 0.442. The van der Waals surface area contributed by atoms with Gasteiger partial charge in [0.1, 0.15) is 0 Å². The first-order valence-electron chi connectivity index (χ1n) is 11.7. The Morgan fingerprint density at radius 3 is 2.03 bits per heavy atom. The minimum absolute atomic E-state index is 0.0136. The van der Waals surface area contributed by atoms with Gasteiger partial charge >= 0.3 is 0 Å². The molecule has 3 rings (SSSR count). The molecule has 2 aromatic carbocycles. The van der Waals surface area contributed by atoms with E-state index in [-0.39, 0.29) is 11.8 Å². The summed E-state index contributed by atoms with van der Waals surface area (Å²) in [5.41, 5.74) is 5.56. The van der Waals surface area contributed by atoms with Crippen molar-refractivity contribution in [2.24, 2.45) is 0 Å². The second kappa shape index (κ2) is 10.8. The zero-order valence-corrected chi connectivity index (χ0v) is 20.1. The van der Waals surface area contributed by atoms with E-state index in [1.54, 1.807) is 0 Å². The van der Waals surface area contributed by atoms with Crippen molar-refractivity contribution in [3.63, 3.8) is 0 Å². The van der Waals surface area contributed by atoms with Gasteiger partial charge in [0.25, 0.3) is 0 Å². The molecule has 32 heavy (non-hydrogen) atoms. The van der Waals surface area contributed by atoms with Crippen LogP contribution in [-0.2, 0) is 16.0 Å². The Morgan fingerprint density at radius 2 is 1.47 bits per heavy atom. The van der Waals surface area contributed by atoms with Crippen LogP contribution in [0, 0.1) is 6.92 Å². The average molecular weight is 436 g/mol. The van der Waals surface area contributed by atoms with Crippen molar-refractivity contribution in [3.8, 4) is 0 Å². The summed E-state index contributed by atoms with van der Waals surface area (Å²) in [5.74, 6) is 0.856. The Hall–Kier alpha value is -2.66. The van der Waals surface area contributed by atoms with Crippen LogP contribution in [0.25, 0.3) is 0 Å². The standard InChI is InChI=1S/C27H37N3O2/c1-19(2)23-11-8-12-24(20(3)4)27(23)28-25(31)18-29-13-15-30(16-14-29)26(32)17-22-10-7-6-9-21(22)5/h6-12,19-20H,13-18H2,1-5H3,(H,28,31). The number of amides is 2. The monoisotopic (exact) mass is 435 g/mol. The first-order chi connectivity index (χ1) is 15.3. The summed E-state index contributed by atoms with van der Waals surface area (Å²) in [6.45, 7) is 13.8. The minimum Gasteiger partial charge on any atom is -0.340 e. The predicted octanol–water partition coefficient (Wildman–Crippen LogP) is 4.57. The molecule has 0 unspecified atom stereocenters. The largest absolute Gasteiger partial charge is 0.340 e. The van der Waals surface area contributed by atoms with Crippen molar-refractivity contribution in [1.82, 2.24) is 9.80 Å². The van der Waals surface area contributed by atoms with E-state index in [1.165, 1.54) is 11.1 Å². The first-order valence-corrected chi connectivity index (χ1v) is 11.7. The van der Waals surface area contributed by atoms with Crippen LogP contribution >= 0.6 is 0 Å². The van der Waals surface area contributed by atoms with E-state index in [2.05, 4.69) is 56.1 Å². The lowest BCUT2D eigenvalue weighted by Crippen LogP contribution is -2.50. The van der Waals surface area contributed by atoms with Gasteiger partial charge in [0.15, 0.2) is 0 Å². The van der Waals surface area contributed by atoms with E-state index in [0.717, 1.165) is 29.9 Å². The highest BCUT2D eigenvalue weighted by molar-refractivity contribution is 5.94. The molecule has 172 valence electrons. The van der Waals surface area contributed by atoms with Gasteiger partial charge in [-0.1, -0.05) is 70.2 Å². The van der Waals surface area contributed by atoms with Crippen molar-refractivity contribution in [1.29, 1.82) is 0 Å². The third-order valence-electron chi connectivity index (χ3n) is 6.33. The first kappa shape index (κ1) is 24.0. The van der Waals surface area contributed by atoms with E-state index < -0.39 is 0 Å². The highest BCUT2D eigenvalue weighted by Gasteiger charge is 2.24. The minimum atomic E-state index is 0.0136. The average Bonchev–Trinajstić information content (AvgIpc) is 2.75. The lowest BCUT2D eigenvalue weighted by molar-refractivity contribution is -0.132. The predicted molar refractivity (Wildman–Crippen MR) is 131 cm³/mol.